The van der Waals surface area contributed by atoms with Crippen molar-refractivity contribution in [2.24, 2.45) is 0 Å². The van der Waals surface area contributed by atoms with Crippen molar-refractivity contribution in [3.63, 3.8) is 0 Å². The van der Waals surface area contributed by atoms with Crippen LogP contribution in [0.1, 0.15) is 26.5 Å². The van der Waals surface area contributed by atoms with Crippen molar-refractivity contribution in [3.8, 4) is 0 Å². The Hall–Kier alpha value is -0.720. The molecule has 0 aliphatic heterocycles. The maximum atomic E-state index is 11.4. The summed E-state index contributed by atoms with van der Waals surface area (Å²) in [5.74, 6) is -0.236. The van der Waals surface area contributed by atoms with E-state index in [2.05, 4.69) is 9.59 Å². The van der Waals surface area contributed by atoms with Gasteiger partial charge >= 0.3 is 5.97 Å². The molecule has 0 saturated heterocycles. The SMILES string of the molecule is CCOC(=O)CN(Cc1nnsc1Cl)C(C)C. The van der Waals surface area contributed by atoms with E-state index in [4.69, 9.17) is 16.3 Å². The standard InChI is InChI=1S/C10H16ClN3O2S/c1-4-16-9(15)6-14(7(2)3)5-8-10(11)17-13-12-8/h7H,4-6H2,1-3H3. The van der Waals surface area contributed by atoms with Gasteiger partial charge in [-0.25, -0.2) is 0 Å². The third-order valence-corrected chi connectivity index (χ3v) is 3.21. The van der Waals surface area contributed by atoms with Gasteiger partial charge in [-0.2, -0.15) is 0 Å². The molecule has 1 heterocycles. The molecule has 0 aliphatic carbocycles. The van der Waals surface area contributed by atoms with E-state index in [9.17, 15) is 4.79 Å². The zero-order valence-electron chi connectivity index (χ0n) is 10.1. The molecule has 96 valence electrons. The first-order valence-corrected chi connectivity index (χ1v) is 6.56. The molecular formula is C10H16ClN3O2S. The molecule has 0 N–H and O–H groups in total. The molecule has 1 aromatic rings. The van der Waals surface area contributed by atoms with E-state index in [0.717, 1.165) is 11.5 Å². The monoisotopic (exact) mass is 277 g/mol. The van der Waals surface area contributed by atoms with Crippen molar-refractivity contribution >= 4 is 29.1 Å². The van der Waals surface area contributed by atoms with Crippen LogP contribution < -0.4 is 0 Å². The Morgan fingerprint density at radius 2 is 2.29 bits per heavy atom. The van der Waals surface area contributed by atoms with Crippen molar-refractivity contribution < 1.29 is 9.53 Å². The lowest BCUT2D eigenvalue weighted by Gasteiger charge is -2.24. The average molecular weight is 278 g/mol. The number of nitrogens with zero attached hydrogens (tertiary/aromatic N) is 3. The number of esters is 1. The van der Waals surface area contributed by atoms with Gasteiger partial charge in [0.1, 0.15) is 10.0 Å². The number of rotatable bonds is 6. The van der Waals surface area contributed by atoms with E-state index in [1.807, 2.05) is 18.7 Å². The third kappa shape index (κ3) is 4.57. The van der Waals surface area contributed by atoms with Crippen LogP contribution in [0.2, 0.25) is 4.34 Å². The highest BCUT2D eigenvalue weighted by Crippen LogP contribution is 2.19. The van der Waals surface area contributed by atoms with Crippen LogP contribution in [0.5, 0.6) is 0 Å². The largest absolute Gasteiger partial charge is 0.465 e. The quantitative estimate of drug-likeness (QED) is 0.744. The van der Waals surface area contributed by atoms with Gasteiger partial charge in [-0.1, -0.05) is 16.1 Å². The van der Waals surface area contributed by atoms with Crippen molar-refractivity contribution in [2.75, 3.05) is 13.2 Å². The lowest BCUT2D eigenvalue weighted by Crippen LogP contribution is -2.36. The number of aromatic nitrogens is 2. The fourth-order valence-corrected chi connectivity index (χ4v) is 1.89. The van der Waals surface area contributed by atoms with Crippen LogP contribution in [0.4, 0.5) is 0 Å². The zero-order chi connectivity index (χ0) is 12.8. The van der Waals surface area contributed by atoms with E-state index in [1.165, 1.54) is 0 Å². The zero-order valence-corrected chi connectivity index (χ0v) is 11.7. The molecule has 1 aromatic heterocycles. The maximum absolute atomic E-state index is 11.4. The highest BCUT2D eigenvalue weighted by atomic mass is 35.5. The first-order valence-electron chi connectivity index (χ1n) is 5.41. The molecule has 0 bridgehead atoms. The van der Waals surface area contributed by atoms with Crippen LogP contribution in [0.3, 0.4) is 0 Å². The van der Waals surface area contributed by atoms with Crippen LogP contribution in [-0.2, 0) is 16.1 Å². The van der Waals surface area contributed by atoms with Crippen molar-refractivity contribution in [3.05, 3.63) is 10.0 Å². The molecule has 17 heavy (non-hydrogen) atoms. The van der Waals surface area contributed by atoms with Gasteiger partial charge in [-0.3, -0.25) is 9.69 Å². The van der Waals surface area contributed by atoms with Gasteiger partial charge in [-0.05, 0) is 20.8 Å². The molecule has 5 nitrogen and oxygen atoms in total. The molecule has 0 atom stereocenters. The summed E-state index contributed by atoms with van der Waals surface area (Å²) in [4.78, 5) is 13.4. The Bertz CT molecular complexity index is 370. The fraction of sp³-hybridized carbons (Fsp3) is 0.700. The van der Waals surface area contributed by atoms with E-state index in [-0.39, 0.29) is 18.6 Å². The minimum Gasteiger partial charge on any atom is -0.465 e. The molecule has 0 aliphatic rings. The Morgan fingerprint density at radius 1 is 1.59 bits per heavy atom. The summed E-state index contributed by atoms with van der Waals surface area (Å²) in [5, 5.41) is 3.93. The first-order chi connectivity index (χ1) is 8.04. The van der Waals surface area contributed by atoms with E-state index in [1.54, 1.807) is 6.92 Å². The lowest BCUT2D eigenvalue weighted by atomic mass is 10.3. The molecule has 0 amide bonds. The predicted octanol–water partition coefficient (Wildman–Crippen LogP) is 1.97. The number of carbonyl (C=O) groups is 1. The second kappa shape index (κ2) is 6.88. The van der Waals surface area contributed by atoms with Crippen LogP contribution in [0, 0.1) is 0 Å². The molecule has 0 saturated carbocycles. The van der Waals surface area contributed by atoms with Gasteiger partial charge in [0, 0.05) is 24.1 Å². The molecular weight excluding hydrogens is 262 g/mol. The Morgan fingerprint density at radius 3 is 2.76 bits per heavy atom. The maximum Gasteiger partial charge on any atom is 0.320 e. The molecule has 0 unspecified atom stereocenters. The summed E-state index contributed by atoms with van der Waals surface area (Å²) in [6.07, 6.45) is 0. The number of ether oxygens (including phenoxy) is 1. The summed E-state index contributed by atoms with van der Waals surface area (Å²) in [7, 11) is 0. The predicted molar refractivity (Wildman–Crippen MR) is 67.1 cm³/mol. The molecule has 7 heteroatoms. The topological polar surface area (TPSA) is 55.3 Å². The van der Waals surface area contributed by atoms with E-state index >= 15 is 0 Å². The highest BCUT2D eigenvalue weighted by molar-refractivity contribution is 7.10. The summed E-state index contributed by atoms with van der Waals surface area (Å²) in [6, 6.07) is 0.206. The summed E-state index contributed by atoms with van der Waals surface area (Å²) in [6.45, 7) is 6.94. The first kappa shape index (κ1) is 14.3. The second-order valence-electron chi connectivity index (χ2n) is 3.80. The number of halogens is 1. The summed E-state index contributed by atoms with van der Waals surface area (Å²) >= 11 is 7.09. The Kier molecular flexibility index (Phi) is 5.80. The van der Waals surface area contributed by atoms with Crippen LogP contribution in [0.15, 0.2) is 0 Å². The fourth-order valence-electron chi connectivity index (χ4n) is 1.28. The summed E-state index contributed by atoms with van der Waals surface area (Å²) in [5.41, 5.74) is 0.703. The molecule has 0 fully saturated rings. The van der Waals surface area contributed by atoms with Gasteiger partial charge in [-0.15, -0.1) is 5.10 Å². The number of hydrogen-bond donors (Lipinski definition) is 0. The van der Waals surface area contributed by atoms with Gasteiger partial charge in [0.05, 0.1) is 13.2 Å². The van der Waals surface area contributed by atoms with Gasteiger partial charge in [0.15, 0.2) is 0 Å². The Balaban J connectivity index is 2.61. The normalized spacial score (nSPS) is 11.2. The molecule has 0 radical (unpaired) electrons. The highest BCUT2D eigenvalue weighted by Gasteiger charge is 2.18. The van der Waals surface area contributed by atoms with E-state index in [0.29, 0.717) is 23.2 Å². The Labute approximate surface area is 110 Å². The number of hydrogen-bond acceptors (Lipinski definition) is 6. The van der Waals surface area contributed by atoms with Crippen molar-refractivity contribution in [1.29, 1.82) is 0 Å². The second-order valence-corrected chi connectivity index (χ2v) is 5.15. The van der Waals surface area contributed by atoms with Crippen LogP contribution >= 0.6 is 23.1 Å². The molecule has 0 aromatic carbocycles. The smallest absolute Gasteiger partial charge is 0.320 e. The minimum atomic E-state index is -0.236. The number of carbonyl (C=O) groups excluding carboxylic acids is 1. The third-order valence-electron chi connectivity index (χ3n) is 2.23. The van der Waals surface area contributed by atoms with Gasteiger partial charge in [0.25, 0.3) is 0 Å². The average Bonchev–Trinajstić information content (AvgIpc) is 2.63. The van der Waals surface area contributed by atoms with Crippen LogP contribution in [-0.4, -0.2) is 39.6 Å². The van der Waals surface area contributed by atoms with Gasteiger partial charge in [0.2, 0.25) is 0 Å². The molecule has 0 spiro atoms. The van der Waals surface area contributed by atoms with Crippen LogP contribution in [0.25, 0.3) is 0 Å². The summed E-state index contributed by atoms with van der Waals surface area (Å²) < 4.78 is 9.26. The van der Waals surface area contributed by atoms with Crippen molar-refractivity contribution in [2.45, 2.75) is 33.4 Å². The molecule has 1 rings (SSSR count). The van der Waals surface area contributed by atoms with Gasteiger partial charge < -0.3 is 4.74 Å². The van der Waals surface area contributed by atoms with E-state index < -0.39 is 0 Å². The lowest BCUT2D eigenvalue weighted by molar-refractivity contribution is -0.145. The van der Waals surface area contributed by atoms with Crippen molar-refractivity contribution in [1.82, 2.24) is 14.5 Å². The minimum absolute atomic E-state index is 0.206.